The summed E-state index contributed by atoms with van der Waals surface area (Å²) in [7, 11) is 0. The van der Waals surface area contributed by atoms with Gasteiger partial charge in [-0.15, -0.1) is 0 Å². The Bertz CT molecular complexity index is 1720. The first-order valence-electron chi connectivity index (χ1n) is 11.6. The summed E-state index contributed by atoms with van der Waals surface area (Å²) in [5.74, 6) is -1.11. The molecule has 6 heteroatoms. The molecule has 7 rings (SSSR count). The SMILES string of the molecule is O=C1c2cccc3cccc(c23)C(=O)N1c1ccc(N2C(=O)c3cccc4cccc(c34)C2O)cc1. The molecule has 2 heterocycles. The molecular weight excluding hydrogens is 452 g/mol. The highest BCUT2D eigenvalue weighted by molar-refractivity contribution is 6.35. The number of carbonyl (C=O) groups excluding carboxylic acids is 3. The maximum absolute atomic E-state index is 13.4. The number of anilines is 2. The van der Waals surface area contributed by atoms with Crippen molar-refractivity contribution in [1.82, 2.24) is 0 Å². The Balaban J connectivity index is 1.28. The molecule has 0 saturated heterocycles. The lowest BCUT2D eigenvalue weighted by molar-refractivity contribution is 0.0870. The maximum atomic E-state index is 13.4. The first-order chi connectivity index (χ1) is 17.5. The Hall–Kier alpha value is -4.81. The Kier molecular flexibility index (Phi) is 4.19. The molecule has 1 N–H and O–H groups in total. The van der Waals surface area contributed by atoms with Crippen LogP contribution >= 0.6 is 0 Å². The summed E-state index contributed by atoms with van der Waals surface area (Å²) >= 11 is 0. The van der Waals surface area contributed by atoms with Gasteiger partial charge in [-0.2, -0.15) is 0 Å². The van der Waals surface area contributed by atoms with Gasteiger partial charge in [0.2, 0.25) is 0 Å². The molecule has 0 spiro atoms. The molecule has 0 radical (unpaired) electrons. The summed E-state index contributed by atoms with van der Waals surface area (Å²) in [5, 5.41) is 14.3. The number of nitrogens with zero attached hydrogens (tertiary/aromatic N) is 2. The van der Waals surface area contributed by atoms with Gasteiger partial charge in [0.15, 0.2) is 6.23 Å². The molecule has 0 bridgehead atoms. The summed E-state index contributed by atoms with van der Waals surface area (Å²) in [4.78, 5) is 42.6. The van der Waals surface area contributed by atoms with Gasteiger partial charge in [0.1, 0.15) is 0 Å². The number of carbonyl (C=O) groups is 3. The van der Waals surface area contributed by atoms with Gasteiger partial charge in [0.05, 0.1) is 5.69 Å². The summed E-state index contributed by atoms with van der Waals surface area (Å²) in [6, 6.07) is 28.4. The van der Waals surface area contributed by atoms with Crippen LogP contribution in [0.15, 0.2) is 97.1 Å². The number of hydrogen-bond donors (Lipinski definition) is 1. The molecule has 0 aliphatic carbocycles. The van der Waals surface area contributed by atoms with Gasteiger partial charge in [-0.25, -0.2) is 4.90 Å². The van der Waals surface area contributed by atoms with Crippen LogP contribution in [-0.4, -0.2) is 22.8 Å². The lowest BCUT2D eigenvalue weighted by atomic mass is 9.93. The van der Waals surface area contributed by atoms with E-state index in [0.29, 0.717) is 39.0 Å². The predicted octanol–water partition coefficient (Wildman–Crippen LogP) is 5.44. The first kappa shape index (κ1) is 20.6. The summed E-state index contributed by atoms with van der Waals surface area (Å²) < 4.78 is 0. The zero-order valence-corrected chi connectivity index (χ0v) is 18.9. The molecule has 36 heavy (non-hydrogen) atoms. The van der Waals surface area contributed by atoms with Crippen molar-refractivity contribution in [3.8, 4) is 0 Å². The minimum Gasteiger partial charge on any atom is -0.369 e. The molecule has 5 aromatic carbocycles. The van der Waals surface area contributed by atoms with E-state index in [1.807, 2.05) is 42.5 Å². The monoisotopic (exact) mass is 470 g/mol. The third kappa shape index (κ3) is 2.67. The van der Waals surface area contributed by atoms with Gasteiger partial charge in [0, 0.05) is 38.7 Å². The molecule has 2 aliphatic heterocycles. The molecule has 172 valence electrons. The van der Waals surface area contributed by atoms with Crippen LogP contribution in [0.5, 0.6) is 0 Å². The fraction of sp³-hybridized carbons (Fsp3) is 0.0333. The van der Waals surface area contributed by atoms with Gasteiger partial charge in [-0.3, -0.25) is 19.3 Å². The third-order valence-corrected chi connectivity index (χ3v) is 7.07. The quantitative estimate of drug-likeness (QED) is 0.348. The molecule has 0 aromatic heterocycles. The van der Waals surface area contributed by atoms with Crippen molar-refractivity contribution in [2.45, 2.75) is 6.23 Å². The van der Waals surface area contributed by atoms with Gasteiger partial charge >= 0.3 is 0 Å². The van der Waals surface area contributed by atoms with Crippen LogP contribution in [0.1, 0.15) is 42.9 Å². The van der Waals surface area contributed by atoms with E-state index >= 15 is 0 Å². The van der Waals surface area contributed by atoms with E-state index in [4.69, 9.17) is 0 Å². The normalized spacial score (nSPS) is 16.8. The summed E-state index contributed by atoms with van der Waals surface area (Å²) in [6.07, 6.45) is -1.16. The molecular formula is C30H18N2O4. The number of aliphatic hydroxyl groups is 1. The van der Waals surface area contributed by atoms with Crippen LogP contribution in [0.3, 0.4) is 0 Å². The Morgan fingerprint density at radius 1 is 0.528 bits per heavy atom. The lowest BCUT2D eigenvalue weighted by Crippen LogP contribution is -2.40. The van der Waals surface area contributed by atoms with Crippen LogP contribution in [0, 0.1) is 0 Å². The molecule has 0 fully saturated rings. The predicted molar refractivity (Wildman–Crippen MR) is 137 cm³/mol. The molecule has 3 amide bonds. The second kappa shape index (κ2) is 7.34. The highest BCUT2D eigenvalue weighted by Crippen LogP contribution is 2.39. The van der Waals surface area contributed by atoms with Gasteiger partial charge in [-0.1, -0.05) is 54.6 Å². The lowest BCUT2D eigenvalue weighted by Gasteiger charge is -2.34. The van der Waals surface area contributed by atoms with E-state index < -0.39 is 18.0 Å². The minimum absolute atomic E-state index is 0.315. The minimum atomic E-state index is -1.16. The van der Waals surface area contributed by atoms with Crippen LogP contribution in [0.25, 0.3) is 21.5 Å². The number of aliphatic hydroxyl groups excluding tert-OH is 1. The number of amides is 3. The highest BCUT2D eigenvalue weighted by Gasteiger charge is 2.36. The Labute approximate surface area is 205 Å². The van der Waals surface area contributed by atoms with Crippen molar-refractivity contribution in [3.05, 3.63) is 119 Å². The Morgan fingerprint density at radius 3 is 1.58 bits per heavy atom. The van der Waals surface area contributed by atoms with Crippen LogP contribution in [0.2, 0.25) is 0 Å². The highest BCUT2D eigenvalue weighted by atomic mass is 16.3. The molecule has 6 nitrogen and oxygen atoms in total. The number of imide groups is 1. The summed E-state index contributed by atoms with van der Waals surface area (Å²) in [5.41, 5.74) is 2.96. The average Bonchev–Trinajstić information content (AvgIpc) is 2.91. The first-order valence-corrected chi connectivity index (χ1v) is 11.6. The van der Waals surface area contributed by atoms with E-state index in [1.54, 1.807) is 54.6 Å². The molecule has 1 atom stereocenters. The van der Waals surface area contributed by atoms with Crippen LogP contribution < -0.4 is 9.80 Å². The smallest absolute Gasteiger partial charge is 0.265 e. The van der Waals surface area contributed by atoms with E-state index in [9.17, 15) is 19.5 Å². The average molecular weight is 470 g/mol. The maximum Gasteiger partial charge on any atom is 0.265 e. The van der Waals surface area contributed by atoms with Crippen molar-refractivity contribution >= 4 is 50.6 Å². The summed E-state index contributed by atoms with van der Waals surface area (Å²) in [6.45, 7) is 0. The molecule has 0 saturated carbocycles. The van der Waals surface area contributed by atoms with Crippen LogP contribution in [0.4, 0.5) is 11.4 Å². The fourth-order valence-corrected chi connectivity index (χ4v) is 5.43. The van der Waals surface area contributed by atoms with E-state index in [2.05, 4.69) is 0 Å². The third-order valence-electron chi connectivity index (χ3n) is 7.07. The van der Waals surface area contributed by atoms with Crippen LogP contribution in [-0.2, 0) is 0 Å². The molecule has 2 aliphatic rings. The standard InChI is InChI=1S/C30H18N2O4/c33-27-21-9-1-5-17-6-2-10-22(25(17)21)28(34)31(27)19-13-15-20(16-14-19)32-29(35)23-11-3-7-18-8-4-12-24(26(18)23)30(32)36/h1-16,27,33H. The molecule has 5 aromatic rings. The van der Waals surface area contributed by atoms with E-state index in [-0.39, 0.29) is 5.91 Å². The van der Waals surface area contributed by atoms with Gasteiger partial charge < -0.3 is 5.11 Å². The van der Waals surface area contributed by atoms with Crippen molar-refractivity contribution in [2.75, 3.05) is 9.80 Å². The zero-order chi connectivity index (χ0) is 24.6. The second-order valence-corrected chi connectivity index (χ2v) is 8.97. The number of rotatable bonds is 2. The van der Waals surface area contributed by atoms with Crippen molar-refractivity contribution in [3.63, 3.8) is 0 Å². The van der Waals surface area contributed by atoms with Crippen molar-refractivity contribution in [2.24, 2.45) is 0 Å². The number of benzene rings is 5. The largest absolute Gasteiger partial charge is 0.369 e. The van der Waals surface area contributed by atoms with Crippen molar-refractivity contribution in [1.29, 1.82) is 0 Å². The zero-order valence-electron chi connectivity index (χ0n) is 18.9. The Morgan fingerprint density at radius 2 is 1.00 bits per heavy atom. The second-order valence-electron chi connectivity index (χ2n) is 8.97. The number of hydrogen-bond acceptors (Lipinski definition) is 4. The van der Waals surface area contributed by atoms with E-state index in [1.165, 1.54) is 4.90 Å². The van der Waals surface area contributed by atoms with Gasteiger partial charge in [-0.05, 0) is 53.2 Å². The topological polar surface area (TPSA) is 77.9 Å². The fourth-order valence-electron chi connectivity index (χ4n) is 5.43. The van der Waals surface area contributed by atoms with Gasteiger partial charge in [0.25, 0.3) is 17.7 Å². The van der Waals surface area contributed by atoms with E-state index in [0.717, 1.165) is 21.1 Å². The molecule has 1 unspecified atom stereocenters. The van der Waals surface area contributed by atoms with Crippen molar-refractivity contribution < 1.29 is 19.5 Å².